The molecular formula is C22H31N5O3S. The van der Waals surface area contributed by atoms with Gasteiger partial charge in [-0.3, -0.25) is 9.20 Å². The molecule has 1 saturated carbocycles. The Morgan fingerprint density at radius 3 is 2.65 bits per heavy atom. The molecule has 2 aromatic heterocycles. The van der Waals surface area contributed by atoms with Crippen LogP contribution in [0, 0.1) is 11.3 Å². The van der Waals surface area contributed by atoms with Crippen molar-refractivity contribution < 1.29 is 14.6 Å². The van der Waals surface area contributed by atoms with E-state index in [2.05, 4.69) is 39.8 Å². The number of piperidine rings is 1. The van der Waals surface area contributed by atoms with Crippen molar-refractivity contribution in [3.63, 3.8) is 0 Å². The average molecular weight is 446 g/mol. The third kappa shape index (κ3) is 4.28. The van der Waals surface area contributed by atoms with E-state index in [9.17, 15) is 9.90 Å². The Kier molecular flexibility index (Phi) is 5.40. The maximum absolute atomic E-state index is 12.8. The van der Waals surface area contributed by atoms with Crippen LogP contribution in [0.15, 0.2) is 23.4 Å². The Balaban J connectivity index is 1.45. The van der Waals surface area contributed by atoms with Gasteiger partial charge in [0.25, 0.3) is 5.91 Å². The first kappa shape index (κ1) is 21.1. The van der Waals surface area contributed by atoms with E-state index in [1.54, 1.807) is 6.20 Å². The monoisotopic (exact) mass is 445 g/mol. The molecule has 31 heavy (non-hydrogen) atoms. The van der Waals surface area contributed by atoms with E-state index in [1.807, 2.05) is 10.6 Å². The van der Waals surface area contributed by atoms with Gasteiger partial charge in [-0.1, -0.05) is 13.8 Å². The second kappa shape index (κ2) is 7.95. The quantitative estimate of drug-likeness (QED) is 0.445. The highest BCUT2D eigenvalue weighted by Crippen LogP contribution is 2.41. The van der Waals surface area contributed by atoms with Gasteiger partial charge in [0.2, 0.25) is 0 Å². The third-order valence-corrected chi connectivity index (χ3v) is 7.47. The van der Waals surface area contributed by atoms with Gasteiger partial charge < -0.3 is 20.1 Å². The van der Waals surface area contributed by atoms with Crippen LogP contribution in [0.4, 0.5) is 5.69 Å². The number of hydrogen-bond donors (Lipinski definition) is 3. The molecule has 2 aliphatic heterocycles. The van der Waals surface area contributed by atoms with Crippen molar-refractivity contribution in [1.82, 2.24) is 19.4 Å². The molecule has 8 nitrogen and oxygen atoms in total. The van der Waals surface area contributed by atoms with E-state index < -0.39 is 5.72 Å². The summed E-state index contributed by atoms with van der Waals surface area (Å²) in [5, 5.41) is 13.2. The van der Waals surface area contributed by atoms with Crippen molar-refractivity contribution in [2.75, 3.05) is 37.7 Å². The number of anilines is 1. The number of aliphatic hydroxyl groups is 1. The standard InChI is InChI=1S/C22H31N5O3S/c1-15(2)10-24-20(28)18-11-23-19-17(26-7-5-21(6-8-26)13-30-14-21)9-16(12-27(18)19)31-25-22(29)3-4-22/h9,11-12,15,25,29H,3-8,10,13-14H2,1-2H3,(H,24,28). The minimum absolute atomic E-state index is 0.118. The predicted molar refractivity (Wildman–Crippen MR) is 120 cm³/mol. The number of carbonyl (C=O) groups excluding carboxylic acids is 1. The number of rotatable bonds is 7. The predicted octanol–water partition coefficient (Wildman–Crippen LogP) is 2.42. The summed E-state index contributed by atoms with van der Waals surface area (Å²) in [6.45, 7) is 8.42. The molecule has 5 rings (SSSR count). The zero-order chi connectivity index (χ0) is 21.6. The van der Waals surface area contributed by atoms with Crippen LogP contribution in [0.1, 0.15) is 50.0 Å². The summed E-state index contributed by atoms with van der Waals surface area (Å²) in [7, 11) is 0. The summed E-state index contributed by atoms with van der Waals surface area (Å²) < 4.78 is 10.5. The van der Waals surface area contributed by atoms with Gasteiger partial charge in [-0.2, -0.15) is 0 Å². The van der Waals surface area contributed by atoms with Gasteiger partial charge >= 0.3 is 0 Å². The van der Waals surface area contributed by atoms with Crippen LogP contribution in [0.5, 0.6) is 0 Å². The molecule has 168 valence electrons. The van der Waals surface area contributed by atoms with Crippen molar-refractivity contribution in [2.45, 2.75) is 50.2 Å². The van der Waals surface area contributed by atoms with Crippen LogP contribution < -0.4 is 14.9 Å². The molecule has 9 heteroatoms. The number of carbonyl (C=O) groups is 1. The normalized spacial score (nSPS) is 21.5. The fourth-order valence-corrected chi connectivity index (χ4v) is 5.01. The number of ether oxygens (including phenoxy) is 1. The fourth-order valence-electron chi connectivity index (χ4n) is 4.16. The SMILES string of the molecule is CC(C)CNC(=O)c1cnc2c(N3CCC4(CC3)COC4)cc(SNC3(O)CC3)cn12. The summed E-state index contributed by atoms with van der Waals surface area (Å²) in [6.07, 6.45) is 7.34. The van der Waals surface area contributed by atoms with E-state index in [0.29, 0.717) is 23.6 Å². The van der Waals surface area contributed by atoms with E-state index in [4.69, 9.17) is 4.74 Å². The third-order valence-electron chi connectivity index (χ3n) is 6.53. The molecule has 2 saturated heterocycles. The van der Waals surface area contributed by atoms with Gasteiger partial charge in [0, 0.05) is 36.1 Å². The van der Waals surface area contributed by atoms with E-state index in [0.717, 1.165) is 68.2 Å². The van der Waals surface area contributed by atoms with Gasteiger partial charge in [-0.05, 0) is 49.6 Å². The zero-order valence-corrected chi connectivity index (χ0v) is 19.0. The number of aromatic nitrogens is 2. The van der Waals surface area contributed by atoms with Gasteiger partial charge in [-0.25, -0.2) is 9.71 Å². The van der Waals surface area contributed by atoms with Gasteiger partial charge in [-0.15, -0.1) is 0 Å². The highest BCUT2D eigenvalue weighted by Gasteiger charge is 2.42. The first-order valence-electron chi connectivity index (χ1n) is 11.1. The molecule has 0 bridgehead atoms. The van der Waals surface area contributed by atoms with E-state index in [1.165, 1.54) is 11.9 Å². The summed E-state index contributed by atoms with van der Waals surface area (Å²) in [5.41, 5.74) is 1.95. The topological polar surface area (TPSA) is 91.1 Å². The minimum atomic E-state index is -0.770. The zero-order valence-electron chi connectivity index (χ0n) is 18.2. The molecule has 0 aromatic carbocycles. The maximum atomic E-state index is 12.8. The van der Waals surface area contributed by atoms with Crippen molar-refractivity contribution in [1.29, 1.82) is 0 Å². The number of amides is 1. The van der Waals surface area contributed by atoms with Crippen LogP contribution >= 0.6 is 11.9 Å². The largest absolute Gasteiger partial charge is 0.380 e. The summed E-state index contributed by atoms with van der Waals surface area (Å²) in [6, 6.07) is 2.12. The van der Waals surface area contributed by atoms with Crippen LogP contribution in [0.25, 0.3) is 5.65 Å². The lowest BCUT2D eigenvalue weighted by Gasteiger charge is -2.47. The molecule has 0 atom stereocenters. The number of imidazole rings is 1. The van der Waals surface area contributed by atoms with Crippen molar-refractivity contribution in [3.05, 3.63) is 24.2 Å². The summed E-state index contributed by atoms with van der Waals surface area (Å²) in [4.78, 5) is 20.8. The average Bonchev–Trinajstić information content (AvgIpc) is 3.32. The Morgan fingerprint density at radius 1 is 1.29 bits per heavy atom. The summed E-state index contributed by atoms with van der Waals surface area (Å²) in [5.74, 6) is 0.261. The number of nitrogens with zero attached hydrogens (tertiary/aromatic N) is 3. The fraction of sp³-hybridized carbons (Fsp3) is 0.636. The molecule has 1 amide bonds. The highest BCUT2D eigenvalue weighted by atomic mass is 32.2. The maximum Gasteiger partial charge on any atom is 0.269 e. The molecule has 3 aliphatic rings. The number of fused-ring (bicyclic) bond motifs is 1. The second-order valence-corrected chi connectivity index (χ2v) is 10.6. The number of nitrogens with one attached hydrogen (secondary N) is 2. The molecule has 1 spiro atoms. The van der Waals surface area contributed by atoms with Crippen LogP contribution in [0.3, 0.4) is 0 Å². The molecule has 4 heterocycles. The smallest absolute Gasteiger partial charge is 0.269 e. The van der Waals surface area contributed by atoms with Crippen molar-refractivity contribution in [3.8, 4) is 0 Å². The summed E-state index contributed by atoms with van der Waals surface area (Å²) >= 11 is 1.41. The van der Waals surface area contributed by atoms with E-state index in [-0.39, 0.29) is 5.91 Å². The lowest BCUT2D eigenvalue weighted by molar-refractivity contribution is -0.124. The first-order valence-corrected chi connectivity index (χ1v) is 12.0. The van der Waals surface area contributed by atoms with Crippen molar-refractivity contribution in [2.24, 2.45) is 11.3 Å². The van der Waals surface area contributed by atoms with E-state index >= 15 is 0 Å². The second-order valence-electron chi connectivity index (χ2n) is 9.72. The molecule has 3 N–H and O–H groups in total. The molecule has 1 aliphatic carbocycles. The van der Waals surface area contributed by atoms with Crippen molar-refractivity contribution >= 4 is 29.2 Å². The molecule has 2 aromatic rings. The van der Waals surface area contributed by atoms with Gasteiger partial charge in [0.05, 0.1) is 25.1 Å². The van der Waals surface area contributed by atoms with Crippen LogP contribution in [0.2, 0.25) is 0 Å². The minimum Gasteiger partial charge on any atom is -0.380 e. The van der Waals surface area contributed by atoms with Gasteiger partial charge in [0.1, 0.15) is 11.4 Å². The molecule has 0 unspecified atom stereocenters. The first-order chi connectivity index (χ1) is 14.9. The molecular weight excluding hydrogens is 414 g/mol. The Labute approximate surface area is 186 Å². The number of hydrogen-bond acceptors (Lipinski definition) is 7. The van der Waals surface area contributed by atoms with Gasteiger partial charge in [0.15, 0.2) is 5.65 Å². The van der Waals surface area contributed by atoms with Crippen LogP contribution in [-0.4, -0.2) is 59.0 Å². The van der Waals surface area contributed by atoms with Crippen LogP contribution in [-0.2, 0) is 4.74 Å². The lowest BCUT2D eigenvalue weighted by Crippen LogP contribution is -2.51. The molecule has 0 radical (unpaired) electrons. The lowest BCUT2D eigenvalue weighted by atomic mass is 9.77. The highest BCUT2D eigenvalue weighted by molar-refractivity contribution is 7.97. The Hall–Kier alpha value is -1.81. The number of pyridine rings is 1. The Bertz CT molecular complexity index is 973. The molecule has 3 fully saturated rings. The Morgan fingerprint density at radius 2 is 2.03 bits per heavy atom.